The number of nitrogens with zero attached hydrogens (tertiary/aromatic N) is 1. The van der Waals surface area contributed by atoms with Gasteiger partial charge in [-0.05, 0) is 30.4 Å². The molecule has 2 rings (SSSR count). The lowest BCUT2D eigenvalue weighted by Crippen LogP contribution is -3.07. The molecule has 0 unspecified atom stereocenters. The predicted molar refractivity (Wildman–Crippen MR) is 114 cm³/mol. The molecule has 0 aliphatic carbocycles. The van der Waals surface area contributed by atoms with Crippen LogP contribution in [0.5, 0.6) is 0 Å². The van der Waals surface area contributed by atoms with Crippen LogP contribution in [-0.2, 0) is 10.0 Å². The van der Waals surface area contributed by atoms with Gasteiger partial charge in [-0.25, -0.2) is 12.7 Å². The van der Waals surface area contributed by atoms with Crippen LogP contribution in [0.15, 0.2) is 59.5 Å². The lowest BCUT2D eigenvalue weighted by atomic mass is 10.1. The summed E-state index contributed by atoms with van der Waals surface area (Å²) in [5, 5.41) is 6.75. The maximum atomic E-state index is 12.3. The first-order valence-corrected chi connectivity index (χ1v) is 10.5. The van der Waals surface area contributed by atoms with E-state index in [0.717, 1.165) is 0 Å². The van der Waals surface area contributed by atoms with Crippen LogP contribution < -0.4 is 15.5 Å². The first-order valence-electron chi connectivity index (χ1n) is 8.64. The van der Waals surface area contributed by atoms with Crippen LogP contribution in [0, 0.1) is 0 Å². The number of nitrogens with one attached hydrogen (secondary N) is 3. The normalized spacial score (nSPS) is 12.8. The molecule has 0 saturated heterocycles. The van der Waals surface area contributed by atoms with Crippen molar-refractivity contribution in [2.24, 2.45) is 0 Å². The smallest absolute Gasteiger partial charge is 0.242 e. The maximum absolute atomic E-state index is 12.3. The fourth-order valence-electron chi connectivity index (χ4n) is 2.66. The van der Waals surface area contributed by atoms with Crippen LogP contribution in [0.25, 0.3) is 0 Å². The van der Waals surface area contributed by atoms with Crippen molar-refractivity contribution in [1.82, 2.24) is 9.62 Å². The summed E-state index contributed by atoms with van der Waals surface area (Å²) in [6, 6.07) is 17.1. The van der Waals surface area contributed by atoms with Gasteiger partial charge in [-0.3, -0.25) is 0 Å². The molecule has 27 heavy (non-hydrogen) atoms. The molecule has 0 saturated carbocycles. The number of thiocarbonyl (C=S) groups is 1. The average Bonchev–Trinajstić information content (AvgIpc) is 2.62. The molecule has 2 aromatic carbocycles. The van der Waals surface area contributed by atoms with E-state index < -0.39 is 10.0 Å². The Labute approximate surface area is 167 Å². The van der Waals surface area contributed by atoms with Gasteiger partial charge in [-0.1, -0.05) is 36.4 Å². The van der Waals surface area contributed by atoms with Crippen LogP contribution in [0.4, 0.5) is 5.69 Å². The molecule has 3 N–H and O–H groups in total. The average molecular weight is 408 g/mol. The first kappa shape index (κ1) is 21.3. The second-order valence-electron chi connectivity index (χ2n) is 6.69. The van der Waals surface area contributed by atoms with Gasteiger partial charge in [0, 0.05) is 25.3 Å². The SMILES string of the molecule is CN(C)S(=O)(=O)c1cccc(NC(=S)NC[C@H](c2ccccc2)[NH+](C)C)c1. The number of likely N-dealkylation sites (N-methyl/N-ethyl adjacent to an activating group) is 1. The molecule has 0 amide bonds. The summed E-state index contributed by atoms with van der Waals surface area (Å²) in [5.74, 6) is 0. The Morgan fingerprint density at radius 1 is 1.11 bits per heavy atom. The summed E-state index contributed by atoms with van der Waals surface area (Å²) in [6.07, 6.45) is 0. The van der Waals surface area contributed by atoms with Crippen molar-refractivity contribution in [3.05, 3.63) is 60.2 Å². The summed E-state index contributed by atoms with van der Waals surface area (Å²) in [4.78, 5) is 1.51. The molecule has 0 bridgehead atoms. The lowest BCUT2D eigenvalue weighted by Gasteiger charge is -2.23. The van der Waals surface area contributed by atoms with Gasteiger partial charge in [0.25, 0.3) is 0 Å². The number of quaternary nitrogens is 1. The third-order valence-electron chi connectivity index (χ3n) is 4.24. The molecular formula is C19H27N4O2S2+. The quantitative estimate of drug-likeness (QED) is 0.600. The summed E-state index contributed by atoms with van der Waals surface area (Å²) >= 11 is 5.39. The molecule has 2 aromatic rings. The largest absolute Gasteiger partial charge is 0.356 e. The third-order valence-corrected chi connectivity index (χ3v) is 6.29. The number of anilines is 1. The molecule has 8 heteroatoms. The third kappa shape index (κ3) is 5.74. The predicted octanol–water partition coefficient (Wildman–Crippen LogP) is 1.11. The number of sulfonamides is 1. The zero-order chi connectivity index (χ0) is 20.0. The van der Waals surface area contributed by atoms with Gasteiger partial charge in [-0.2, -0.15) is 0 Å². The van der Waals surface area contributed by atoms with Crippen molar-refractivity contribution in [3.63, 3.8) is 0 Å². The van der Waals surface area contributed by atoms with Gasteiger partial charge < -0.3 is 15.5 Å². The summed E-state index contributed by atoms with van der Waals surface area (Å²) in [6.45, 7) is 0.661. The highest BCUT2D eigenvalue weighted by Crippen LogP contribution is 2.18. The monoisotopic (exact) mass is 407 g/mol. The summed E-state index contributed by atoms with van der Waals surface area (Å²) in [7, 11) is 3.74. The molecule has 0 aromatic heterocycles. The zero-order valence-electron chi connectivity index (χ0n) is 16.1. The molecule has 0 heterocycles. The highest BCUT2D eigenvalue weighted by atomic mass is 32.2. The molecule has 6 nitrogen and oxygen atoms in total. The fraction of sp³-hybridized carbons (Fsp3) is 0.316. The second-order valence-corrected chi connectivity index (χ2v) is 9.25. The summed E-state index contributed by atoms with van der Waals surface area (Å²) < 4.78 is 25.7. The van der Waals surface area contributed by atoms with Gasteiger partial charge in [0.2, 0.25) is 10.0 Å². The van der Waals surface area contributed by atoms with E-state index in [4.69, 9.17) is 12.2 Å². The Hall–Kier alpha value is -2.00. The van der Waals surface area contributed by atoms with Gasteiger partial charge in [0.05, 0.1) is 25.5 Å². The molecule has 0 fully saturated rings. The Morgan fingerprint density at radius 2 is 1.78 bits per heavy atom. The zero-order valence-corrected chi connectivity index (χ0v) is 17.7. The molecule has 0 aliphatic heterocycles. The highest BCUT2D eigenvalue weighted by molar-refractivity contribution is 7.89. The highest BCUT2D eigenvalue weighted by Gasteiger charge is 2.19. The minimum Gasteiger partial charge on any atom is -0.356 e. The Morgan fingerprint density at radius 3 is 2.37 bits per heavy atom. The van der Waals surface area contributed by atoms with Crippen molar-refractivity contribution in [2.75, 3.05) is 40.1 Å². The fourth-order valence-corrected chi connectivity index (χ4v) is 3.81. The van der Waals surface area contributed by atoms with Crippen LogP contribution in [0.1, 0.15) is 11.6 Å². The maximum Gasteiger partial charge on any atom is 0.242 e. The van der Waals surface area contributed by atoms with E-state index >= 15 is 0 Å². The Bertz CT molecular complexity index is 868. The second kappa shape index (κ2) is 9.27. The van der Waals surface area contributed by atoms with E-state index in [9.17, 15) is 8.42 Å². The van der Waals surface area contributed by atoms with E-state index in [1.807, 2.05) is 18.2 Å². The van der Waals surface area contributed by atoms with Gasteiger partial charge in [0.1, 0.15) is 6.04 Å². The number of hydrogen-bond acceptors (Lipinski definition) is 3. The minimum absolute atomic E-state index is 0.222. The minimum atomic E-state index is -3.48. The Balaban J connectivity index is 2.03. The van der Waals surface area contributed by atoms with E-state index in [1.54, 1.807) is 24.3 Å². The topological polar surface area (TPSA) is 65.9 Å². The standard InChI is InChI=1S/C19H26N4O2S2/c1-22(2)18(15-9-6-5-7-10-15)14-20-19(26)21-16-11-8-12-17(13-16)27(24,25)23(3)4/h5-13,18H,14H2,1-4H3,(H2,20,21,26)/p+1/t18-/m1/s1. The molecule has 146 valence electrons. The molecule has 0 aliphatic rings. The van der Waals surface area contributed by atoms with Gasteiger partial charge >= 0.3 is 0 Å². The van der Waals surface area contributed by atoms with E-state index in [2.05, 4.69) is 36.9 Å². The van der Waals surface area contributed by atoms with Crippen molar-refractivity contribution in [1.29, 1.82) is 0 Å². The number of benzene rings is 2. The molecular weight excluding hydrogens is 380 g/mol. The number of rotatable bonds is 7. The van der Waals surface area contributed by atoms with E-state index in [1.165, 1.54) is 28.9 Å². The van der Waals surface area contributed by atoms with Crippen LogP contribution in [0.2, 0.25) is 0 Å². The van der Waals surface area contributed by atoms with Gasteiger partial charge in [0.15, 0.2) is 5.11 Å². The first-order chi connectivity index (χ1) is 12.7. The molecule has 0 spiro atoms. The summed E-state index contributed by atoms with van der Waals surface area (Å²) in [5.41, 5.74) is 1.86. The van der Waals surface area contributed by atoms with Crippen LogP contribution in [-0.4, -0.2) is 52.6 Å². The van der Waals surface area contributed by atoms with Crippen molar-refractivity contribution < 1.29 is 13.3 Å². The lowest BCUT2D eigenvalue weighted by molar-refractivity contribution is -0.890. The van der Waals surface area contributed by atoms with Crippen LogP contribution >= 0.6 is 12.2 Å². The van der Waals surface area contributed by atoms with Crippen molar-refractivity contribution in [2.45, 2.75) is 10.9 Å². The van der Waals surface area contributed by atoms with Crippen LogP contribution in [0.3, 0.4) is 0 Å². The van der Waals surface area contributed by atoms with Crippen molar-refractivity contribution in [3.8, 4) is 0 Å². The number of hydrogen-bond donors (Lipinski definition) is 3. The van der Waals surface area contributed by atoms with E-state index in [-0.39, 0.29) is 10.9 Å². The van der Waals surface area contributed by atoms with Gasteiger partial charge in [-0.15, -0.1) is 0 Å². The Kier molecular flexibility index (Phi) is 7.32. The van der Waals surface area contributed by atoms with E-state index in [0.29, 0.717) is 17.3 Å². The van der Waals surface area contributed by atoms with Crippen molar-refractivity contribution >= 4 is 33.0 Å². The molecule has 1 atom stereocenters. The molecule has 0 radical (unpaired) electrons.